The Morgan fingerprint density at radius 3 is 2.72 bits per heavy atom. The number of hydrogen-bond acceptors (Lipinski definition) is 7. The first-order valence-electron chi connectivity index (χ1n) is 12.9. The highest BCUT2D eigenvalue weighted by atomic mass is 35.5. The van der Waals surface area contributed by atoms with E-state index in [0.29, 0.717) is 42.6 Å². The zero-order valence-corrected chi connectivity index (χ0v) is 22.5. The topological polar surface area (TPSA) is 108 Å². The number of benzene rings is 2. The first-order valence-corrected chi connectivity index (χ1v) is 13.3. The maximum absolute atomic E-state index is 15.1. The molecule has 0 bridgehead atoms. The fourth-order valence-electron chi connectivity index (χ4n) is 4.86. The lowest BCUT2D eigenvalue weighted by atomic mass is 9.89. The minimum atomic E-state index is -1.23. The summed E-state index contributed by atoms with van der Waals surface area (Å²) in [4.78, 5) is 27.0. The Morgan fingerprint density at radius 2 is 1.97 bits per heavy atom. The molecule has 1 fully saturated rings. The normalized spacial score (nSPS) is 18.9. The lowest BCUT2D eigenvalue weighted by Gasteiger charge is -2.35. The Morgan fingerprint density at radius 1 is 1.23 bits per heavy atom. The molecule has 3 N–H and O–H groups in total. The zero-order valence-electron chi connectivity index (χ0n) is 21.8. The highest BCUT2D eigenvalue weighted by Crippen LogP contribution is 2.46. The van der Waals surface area contributed by atoms with Gasteiger partial charge in [0.15, 0.2) is 17.2 Å². The third-order valence-electron chi connectivity index (χ3n) is 7.28. The van der Waals surface area contributed by atoms with Crippen LogP contribution in [-0.4, -0.2) is 41.3 Å². The first-order chi connectivity index (χ1) is 18.8. The molecule has 2 aliphatic rings. The van der Waals surface area contributed by atoms with Gasteiger partial charge in [0.25, 0.3) is 5.91 Å². The number of aromatic nitrogens is 2. The largest absolute Gasteiger partial charge is 0.436 e. The van der Waals surface area contributed by atoms with E-state index in [4.69, 9.17) is 16.3 Å². The summed E-state index contributed by atoms with van der Waals surface area (Å²) in [7, 11) is 0. The van der Waals surface area contributed by atoms with Gasteiger partial charge in [-0.15, -0.1) is 5.10 Å². The number of rotatable bonds is 8. The number of carbonyl (C=O) groups excluding carboxylic acids is 2. The van der Waals surface area contributed by atoms with E-state index in [0.717, 1.165) is 18.5 Å². The van der Waals surface area contributed by atoms with Crippen molar-refractivity contribution < 1.29 is 18.7 Å². The Kier molecular flexibility index (Phi) is 7.67. The quantitative estimate of drug-likeness (QED) is 0.370. The molecule has 204 valence electrons. The summed E-state index contributed by atoms with van der Waals surface area (Å²) in [5.41, 5.74) is 1.80. The van der Waals surface area contributed by atoms with E-state index in [9.17, 15) is 9.59 Å². The molecule has 0 aliphatic carbocycles. The van der Waals surface area contributed by atoms with Crippen LogP contribution in [0.5, 0.6) is 0 Å². The van der Waals surface area contributed by atoms with Crippen LogP contribution in [0.25, 0.3) is 0 Å². The fraction of sp³-hybridized carbons (Fsp3) is 0.357. The number of carbonyl (C=O) groups is 2. The average Bonchev–Trinajstić information content (AvgIpc) is 3.36. The van der Waals surface area contributed by atoms with Crippen LogP contribution in [0.1, 0.15) is 53.7 Å². The van der Waals surface area contributed by atoms with E-state index >= 15 is 4.39 Å². The molecule has 39 heavy (non-hydrogen) atoms. The number of fused-ring (bicyclic) bond motifs is 2. The van der Waals surface area contributed by atoms with Crippen molar-refractivity contribution in [3.63, 3.8) is 0 Å². The maximum Gasteiger partial charge on any atom is 0.412 e. The van der Waals surface area contributed by atoms with Gasteiger partial charge in [-0.2, -0.15) is 5.10 Å². The molecule has 2 aliphatic heterocycles. The molecular weight excluding hydrogens is 523 g/mol. The van der Waals surface area contributed by atoms with Gasteiger partial charge >= 0.3 is 6.09 Å². The van der Waals surface area contributed by atoms with E-state index < -0.39 is 17.5 Å². The molecule has 9 nitrogen and oxygen atoms in total. The standard InChI is InChI=1S/C28H30ClFN6O3/c1-3-17(2)31-13-18-4-6-19(7-5-18)14-32-26(37)20-12-23(35-33-15-20)36-11-10-28(16-36)24-22(34-27(38)39-28)9-8-21(29)25(24)30/h4-9,12,15,17,31H,3,10-11,13-14,16H2,1-2H3,(H,32,37)(H,34,38)/t17?,28-/m1/s1. The summed E-state index contributed by atoms with van der Waals surface area (Å²) in [6.45, 7) is 6.02. The number of anilines is 2. The van der Waals surface area contributed by atoms with Crippen LogP contribution in [0, 0.1) is 5.82 Å². The van der Waals surface area contributed by atoms with Crippen LogP contribution >= 0.6 is 11.6 Å². The second-order valence-corrected chi connectivity index (χ2v) is 10.4. The second kappa shape index (κ2) is 11.2. The smallest absolute Gasteiger partial charge is 0.412 e. The molecule has 2 amide bonds. The SMILES string of the molecule is CCC(C)NCc1ccc(CNC(=O)c2cnnc(N3CC[C@]4(C3)OC(=O)Nc3ccc(Cl)c(F)c34)c2)cc1. The van der Waals surface area contributed by atoms with E-state index in [2.05, 4.69) is 40.0 Å². The summed E-state index contributed by atoms with van der Waals surface area (Å²) >= 11 is 6.04. The molecule has 11 heteroatoms. The molecule has 2 atom stereocenters. The number of amides is 2. The number of ether oxygens (including phenoxy) is 1. The van der Waals surface area contributed by atoms with E-state index in [1.54, 1.807) is 12.1 Å². The Hall–Kier alpha value is -3.76. The summed E-state index contributed by atoms with van der Waals surface area (Å²) in [5, 5.41) is 17.0. The fourth-order valence-corrected chi connectivity index (χ4v) is 5.02. The van der Waals surface area contributed by atoms with Crippen molar-refractivity contribution in [1.82, 2.24) is 20.8 Å². The van der Waals surface area contributed by atoms with Crippen molar-refractivity contribution in [2.75, 3.05) is 23.3 Å². The minimum Gasteiger partial charge on any atom is -0.436 e. The molecule has 1 spiro atoms. The summed E-state index contributed by atoms with van der Waals surface area (Å²) in [6, 6.07) is 13.1. The van der Waals surface area contributed by atoms with Crippen LogP contribution in [0.4, 0.5) is 20.7 Å². The van der Waals surface area contributed by atoms with Gasteiger partial charge in [-0.25, -0.2) is 9.18 Å². The van der Waals surface area contributed by atoms with Gasteiger partial charge in [0.05, 0.1) is 34.6 Å². The van der Waals surface area contributed by atoms with Crippen LogP contribution in [0.3, 0.4) is 0 Å². The summed E-state index contributed by atoms with van der Waals surface area (Å²) in [5.74, 6) is -0.495. The highest BCUT2D eigenvalue weighted by molar-refractivity contribution is 6.31. The van der Waals surface area contributed by atoms with Gasteiger partial charge < -0.3 is 20.3 Å². The van der Waals surface area contributed by atoms with Crippen LogP contribution in [0.15, 0.2) is 48.7 Å². The number of hydrogen-bond donors (Lipinski definition) is 3. The molecule has 3 heterocycles. The van der Waals surface area contributed by atoms with Gasteiger partial charge in [-0.1, -0.05) is 42.8 Å². The molecule has 1 saturated heterocycles. The van der Waals surface area contributed by atoms with Gasteiger partial charge in [-0.05, 0) is 42.7 Å². The third kappa shape index (κ3) is 5.67. The van der Waals surface area contributed by atoms with Gasteiger partial charge in [0, 0.05) is 32.1 Å². The van der Waals surface area contributed by atoms with Crippen LogP contribution in [0.2, 0.25) is 5.02 Å². The molecule has 3 aromatic rings. The van der Waals surface area contributed by atoms with E-state index in [-0.39, 0.29) is 23.0 Å². The van der Waals surface area contributed by atoms with Crippen molar-refractivity contribution in [1.29, 1.82) is 0 Å². The maximum atomic E-state index is 15.1. The van der Waals surface area contributed by atoms with Gasteiger partial charge in [0.2, 0.25) is 0 Å². The van der Waals surface area contributed by atoms with Crippen molar-refractivity contribution in [3.05, 3.63) is 81.8 Å². The molecule has 5 rings (SSSR count). The lowest BCUT2D eigenvalue weighted by Crippen LogP contribution is -2.42. The molecule has 0 radical (unpaired) electrons. The summed E-state index contributed by atoms with van der Waals surface area (Å²) < 4.78 is 20.7. The average molecular weight is 553 g/mol. The molecule has 2 aromatic carbocycles. The van der Waals surface area contributed by atoms with Crippen molar-refractivity contribution in [3.8, 4) is 0 Å². The van der Waals surface area contributed by atoms with Crippen LogP contribution in [-0.2, 0) is 23.4 Å². The second-order valence-electron chi connectivity index (χ2n) is 9.96. The van der Waals surface area contributed by atoms with Crippen molar-refractivity contribution >= 4 is 35.1 Å². The molecule has 1 unspecified atom stereocenters. The summed E-state index contributed by atoms with van der Waals surface area (Å²) in [6.07, 6.45) is 2.13. The number of nitrogens with one attached hydrogen (secondary N) is 3. The van der Waals surface area contributed by atoms with Crippen molar-refractivity contribution in [2.24, 2.45) is 0 Å². The Balaban J connectivity index is 1.25. The van der Waals surface area contributed by atoms with Crippen molar-refractivity contribution in [2.45, 2.75) is 51.4 Å². The Labute approximate surface area is 231 Å². The van der Waals surface area contributed by atoms with E-state index in [1.165, 1.54) is 17.8 Å². The lowest BCUT2D eigenvalue weighted by molar-refractivity contribution is 0.0263. The van der Waals surface area contributed by atoms with Gasteiger partial charge in [0.1, 0.15) is 0 Å². The number of nitrogens with zero attached hydrogens (tertiary/aromatic N) is 3. The monoisotopic (exact) mass is 552 g/mol. The molecular formula is C28H30ClFN6O3. The highest BCUT2D eigenvalue weighted by Gasteiger charge is 2.50. The predicted molar refractivity (Wildman–Crippen MR) is 146 cm³/mol. The first kappa shape index (κ1) is 26.8. The molecule has 1 aromatic heterocycles. The Bertz CT molecular complexity index is 1390. The molecule has 0 saturated carbocycles. The van der Waals surface area contributed by atoms with Crippen LogP contribution < -0.4 is 20.9 Å². The van der Waals surface area contributed by atoms with Gasteiger partial charge in [-0.3, -0.25) is 10.1 Å². The zero-order chi connectivity index (χ0) is 27.6. The van der Waals surface area contributed by atoms with E-state index in [1.807, 2.05) is 29.2 Å². The minimum absolute atomic E-state index is 0.0535. The third-order valence-corrected chi connectivity index (χ3v) is 7.57. The number of halogens is 2. The predicted octanol–water partition coefficient (Wildman–Crippen LogP) is 4.75.